The van der Waals surface area contributed by atoms with Gasteiger partial charge < -0.3 is 30.0 Å². The third-order valence-corrected chi connectivity index (χ3v) is 7.98. The van der Waals surface area contributed by atoms with Crippen LogP contribution in [0.15, 0.2) is 12.4 Å². The van der Waals surface area contributed by atoms with Gasteiger partial charge in [0.15, 0.2) is 0 Å². The Hall–Kier alpha value is -2.30. The molecule has 0 N–H and O–H groups in total. The molecule has 0 aromatic carbocycles. The van der Waals surface area contributed by atoms with Crippen molar-refractivity contribution in [2.75, 3.05) is 26.2 Å². The van der Waals surface area contributed by atoms with E-state index in [2.05, 4.69) is 19.8 Å². The second-order valence-electron chi connectivity index (χ2n) is 6.78. The number of hydrogen-bond acceptors (Lipinski definition) is 10. The Morgan fingerprint density at radius 2 is 1.22 bits per heavy atom. The average molecular weight is 517 g/mol. The van der Waals surface area contributed by atoms with Crippen LogP contribution in [0.4, 0.5) is 11.6 Å². The van der Waals surface area contributed by atoms with E-state index in [1.165, 1.54) is 45.1 Å². The summed E-state index contributed by atoms with van der Waals surface area (Å²) >= 11 is 13.9. The van der Waals surface area contributed by atoms with Crippen molar-refractivity contribution < 1.29 is 9.85 Å². The fourth-order valence-electron chi connectivity index (χ4n) is 2.99. The van der Waals surface area contributed by atoms with Crippen LogP contribution in [0.25, 0.3) is 0 Å². The predicted octanol–water partition coefficient (Wildman–Crippen LogP) is 2.32. The number of nitro groups is 2. The van der Waals surface area contributed by atoms with E-state index in [1.807, 2.05) is 0 Å². The van der Waals surface area contributed by atoms with E-state index < -0.39 is 9.85 Å². The van der Waals surface area contributed by atoms with E-state index in [4.69, 9.17) is 24.4 Å². The predicted molar refractivity (Wildman–Crippen MR) is 131 cm³/mol. The summed E-state index contributed by atoms with van der Waals surface area (Å²) in [6, 6.07) is 0. The van der Waals surface area contributed by atoms with E-state index in [0.29, 0.717) is 58.0 Å². The van der Waals surface area contributed by atoms with Crippen LogP contribution >= 0.6 is 48.0 Å². The molecule has 1 saturated heterocycles. The molecule has 16 heteroatoms. The molecule has 3 rings (SSSR count). The molecule has 0 saturated carbocycles. The van der Waals surface area contributed by atoms with Crippen molar-refractivity contribution in [2.24, 2.45) is 14.1 Å². The summed E-state index contributed by atoms with van der Waals surface area (Å²) in [6.07, 6.45) is 2.50. The number of hydrogen-bond donors (Lipinski definition) is 0. The molecule has 32 heavy (non-hydrogen) atoms. The number of nitrogens with zero attached hydrogens (tertiary/aromatic N) is 8. The number of thioether (sulfide) groups is 2. The van der Waals surface area contributed by atoms with Crippen LogP contribution < -0.4 is 0 Å². The van der Waals surface area contributed by atoms with Gasteiger partial charge in [0.25, 0.3) is 0 Å². The molecule has 0 spiro atoms. The summed E-state index contributed by atoms with van der Waals surface area (Å²) in [6.45, 7) is 2.84. The lowest BCUT2D eigenvalue weighted by molar-refractivity contribution is -0.392. The van der Waals surface area contributed by atoms with Crippen molar-refractivity contribution in [3.8, 4) is 0 Å². The van der Waals surface area contributed by atoms with Gasteiger partial charge in [-0.2, -0.15) is 0 Å². The smallest absolute Gasteiger partial charge is 0.342 e. The van der Waals surface area contributed by atoms with Crippen molar-refractivity contribution in [2.45, 2.75) is 11.5 Å². The van der Waals surface area contributed by atoms with Crippen molar-refractivity contribution in [3.05, 3.63) is 44.3 Å². The van der Waals surface area contributed by atoms with Gasteiger partial charge >= 0.3 is 11.6 Å². The van der Waals surface area contributed by atoms with Crippen LogP contribution in [0, 0.1) is 20.2 Å². The molecule has 0 unspecified atom stereocenters. The highest BCUT2D eigenvalue weighted by Gasteiger charge is 2.24. The van der Waals surface area contributed by atoms with E-state index in [1.54, 1.807) is 14.1 Å². The molecule has 0 amide bonds. The third kappa shape index (κ3) is 5.54. The van der Waals surface area contributed by atoms with E-state index in [-0.39, 0.29) is 11.6 Å². The SMILES string of the molecule is Cn1c([N+](=O)[O-])cnc1CSC(=S)N1CCN(C(=S)SCc2ncc([N+](=O)[O-])n2C)CC1. The maximum absolute atomic E-state index is 10.9. The van der Waals surface area contributed by atoms with Gasteiger partial charge in [0.05, 0.1) is 25.6 Å². The Balaban J connectivity index is 1.44. The van der Waals surface area contributed by atoms with Gasteiger partial charge in [-0.25, -0.2) is 19.1 Å². The summed E-state index contributed by atoms with van der Waals surface area (Å²) in [4.78, 5) is 33.3. The number of thiocarbonyl (C=S) groups is 2. The molecular weight excluding hydrogens is 496 g/mol. The lowest BCUT2D eigenvalue weighted by atomic mass is 10.4. The zero-order valence-corrected chi connectivity index (χ0v) is 20.5. The van der Waals surface area contributed by atoms with Crippen LogP contribution in [0.5, 0.6) is 0 Å². The summed E-state index contributed by atoms with van der Waals surface area (Å²) in [5.41, 5.74) is 0. The Kier molecular flexibility index (Phi) is 8.02. The minimum absolute atomic E-state index is 0.0497. The van der Waals surface area contributed by atoms with E-state index in [9.17, 15) is 20.2 Å². The molecule has 0 atom stereocenters. The van der Waals surface area contributed by atoms with Gasteiger partial charge in [-0.05, 0) is 9.85 Å². The third-order valence-electron chi connectivity index (χ3n) is 4.94. The zero-order chi connectivity index (χ0) is 23.4. The minimum Gasteiger partial charge on any atom is -0.358 e. The molecule has 12 nitrogen and oxygen atoms in total. The second kappa shape index (κ2) is 10.5. The first-order valence-electron chi connectivity index (χ1n) is 9.32. The highest BCUT2D eigenvalue weighted by atomic mass is 32.2. The average Bonchev–Trinajstić information content (AvgIpc) is 3.32. The molecule has 0 aliphatic carbocycles. The molecule has 2 aromatic rings. The first kappa shape index (κ1) is 24.3. The monoisotopic (exact) mass is 516 g/mol. The minimum atomic E-state index is -0.464. The Labute approximate surface area is 202 Å². The zero-order valence-electron chi connectivity index (χ0n) is 17.2. The van der Waals surface area contributed by atoms with Crippen LogP contribution in [0.1, 0.15) is 11.6 Å². The topological polar surface area (TPSA) is 128 Å². The van der Waals surface area contributed by atoms with Gasteiger partial charge in [0.1, 0.15) is 21.0 Å². The number of imidazole rings is 2. The highest BCUT2D eigenvalue weighted by Crippen LogP contribution is 2.23. The number of piperazine rings is 1. The molecule has 172 valence electrons. The Morgan fingerprint density at radius 3 is 1.50 bits per heavy atom. The lowest BCUT2D eigenvalue weighted by Gasteiger charge is -2.36. The molecule has 3 heterocycles. The number of rotatable bonds is 6. The standard InChI is InChI=1S/C16H20N8O4S4/c1-19-11(17-7-13(19)23(25)26)9-31-15(29)21-3-5-22(6-4-21)16(30)32-10-12-18-8-14(20(12)2)24(27)28/h7-8H,3-6,9-10H2,1-2H3. The molecule has 0 radical (unpaired) electrons. The van der Waals surface area contributed by atoms with Crippen LogP contribution in [0.2, 0.25) is 0 Å². The first-order valence-corrected chi connectivity index (χ1v) is 12.1. The normalized spacial score (nSPS) is 13.9. The van der Waals surface area contributed by atoms with Gasteiger partial charge in [0.2, 0.25) is 11.6 Å². The molecule has 2 aromatic heterocycles. The summed E-state index contributed by atoms with van der Waals surface area (Å²) < 4.78 is 4.35. The first-order chi connectivity index (χ1) is 15.2. The Morgan fingerprint density at radius 1 is 0.875 bits per heavy atom. The maximum Gasteiger partial charge on any atom is 0.342 e. The van der Waals surface area contributed by atoms with Gasteiger partial charge in [-0.3, -0.25) is 0 Å². The van der Waals surface area contributed by atoms with Crippen molar-refractivity contribution in [3.63, 3.8) is 0 Å². The van der Waals surface area contributed by atoms with Crippen molar-refractivity contribution in [1.82, 2.24) is 28.9 Å². The number of aromatic nitrogens is 4. The molecule has 1 fully saturated rings. The highest BCUT2D eigenvalue weighted by molar-refractivity contribution is 8.22. The lowest BCUT2D eigenvalue weighted by Crippen LogP contribution is -2.48. The van der Waals surface area contributed by atoms with E-state index in [0.717, 1.165) is 0 Å². The Bertz CT molecular complexity index is 965. The maximum atomic E-state index is 10.9. The van der Waals surface area contributed by atoms with Crippen LogP contribution in [0.3, 0.4) is 0 Å². The van der Waals surface area contributed by atoms with Gasteiger partial charge in [-0.15, -0.1) is 0 Å². The fourth-order valence-corrected chi connectivity index (χ4v) is 5.48. The van der Waals surface area contributed by atoms with E-state index >= 15 is 0 Å². The van der Waals surface area contributed by atoms with Crippen molar-refractivity contribution >= 4 is 68.2 Å². The molecule has 1 aliphatic heterocycles. The molecular formula is C16H20N8O4S4. The van der Waals surface area contributed by atoms with Crippen LogP contribution in [-0.2, 0) is 25.6 Å². The largest absolute Gasteiger partial charge is 0.358 e. The summed E-state index contributed by atoms with van der Waals surface area (Å²) in [7, 11) is 3.23. The van der Waals surface area contributed by atoms with Crippen LogP contribution in [-0.4, -0.2) is 73.6 Å². The van der Waals surface area contributed by atoms with Crippen molar-refractivity contribution in [1.29, 1.82) is 0 Å². The quantitative estimate of drug-likeness (QED) is 0.317. The van der Waals surface area contributed by atoms with Gasteiger partial charge in [-0.1, -0.05) is 48.0 Å². The second-order valence-corrected chi connectivity index (χ2v) is 10.00. The molecule has 0 bridgehead atoms. The molecule has 1 aliphatic rings. The summed E-state index contributed by atoms with van der Waals surface area (Å²) in [5, 5.41) is 21.9. The summed E-state index contributed by atoms with van der Waals surface area (Å²) in [5.74, 6) is 1.99. The fraction of sp³-hybridized carbons (Fsp3) is 0.500. The van der Waals surface area contributed by atoms with Gasteiger partial charge in [0, 0.05) is 26.2 Å².